The van der Waals surface area contributed by atoms with Crippen molar-refractivity contribution in [2.75, 3.05) is 13.2 Å². The van der Waals surface area contributed by atoms with Crippen molar-refractivity contribution in [2.45, 2.75) is 51.9 Å². The lowest BCUT2D eigenvalue weighted by Gasteiger charge is -2.24. The Labute approximate surface area is 191 Å². The van der Waals surface area contributed by atoms with Gasteiger partial charge in [-0.05, 0) is 37.5 Å². The summed E-state index contributed by atoms with van der Waals surface area (Å²) in [6.45, 7) is 4.19. The molecule has 5 rings (SSSR count). The van der Waals surface area contributed by atoms with Gasteiger partial charge in [-0.3, -0.25) is 9.59 Å². The highest BCUT2D eigenvalue weighted by Crippen LogP contribution is 2.26. The van der Waals surface area contributed by atoms with Gasteiger partial charge in [0.2, 0.25) is 5.91 Å². The van der Waals surface area contributed by atoms with Gasteiger partial charge in [-0.1, -0.05) is 25.1 Å². The predicted molar refractivity (Wildman–Crippen MR) is 125 cm³/mol. The zero-order valence-electron chi connectivity index (χ0n) is 18.8. The molecule has 1 amide bonds. The number of para-hydroxylation sites is 1. The quantitative estimate of drug-likeness (QED) is 0.412. The Morgan fingerprint density at radius 1 is 1.21 bits per heavy atom. The number of benzene rings is 1. The Morgan fingerprint density at radius 2 is 2.09 bits per heavy atom. The van der Waals surface area contributed by atoms with E-state index in [1.807, 2.05) is 34.9 Å². The number of nitrogens with zero attached hydrogens (tertiary/aromatic N) is 4. The molecule has 1 saturated heterocycles. The molecule has 8 heteroatoms. The minimum Gasteiger partial charge on any atom is -0.467 e. The highest BCUT2D eigenvalue weighted by molar-refractivity contribution is 6.07. The summed E-state index contributed by atoms with van der Waals surface area (Å²) in [5, 5.41) is 6.19. The lowest BCUT2D eigenvalue weighted by Crippen LogP contribution is -2.41. The van der Waals surface area contributed by atoms with E-state index in [-0.39, 0.29) is 24.1 Å². The zero-order valence-corrected chi connectivity index (χ0v) is 18.8. The van der Waals surface area contributed by atoms with Crippen LogP contribution < -0.4 is 5.56 Å². The van der Waals surface area contributed by atoms with Crippen LogP contribution in [-0.4, -0.2) is 44.4 Å². The van der Waals surface area contributed by atoms with Gasteiger partial charge in [0, 0.05) is 36.0 Å². The summed E-state index contributed by atoms with van der Waals surface area (Å²) in [4.78, 5) is 28.5. The van der Waals surface area contributed by atoms with E-state index in [0.717, 1.165) is 42.1 Å². The third-order valence-corrected chi connectivity index (χ3v) is 6.23. The van der Waals surface area contributed by atoms with E-state index in [2.05, 4.69) is 12.0 Å². The van der Waals surface area contributed by atoms with Gasteiger partial charge in [-0.25, -0.2) is 4.68 Å². The third kappa shape index (κ3) is 4.18. The number of amides is 1. The lowest BCUT2D eigenvalue weighted by molar-refractivity contribution is -0.134. The molecule has 1 unspecified atom stereocenters. The summed E-state index contributed by atoms with van der Waals surface area (Å²) in [5.41, 5.74) is 1.35. The van der Waals surface area contributed by atoms with E-state index in [4.69, 9.17) is 9.15 Å². The van der Waals surface area contributed by atoms with Crippen LogP contribution in [0.4, 0.5) is 0 Å². The van der Waals surface area contributed by atoms with E-state index in [0.29, 0.717) is 31.0 Å². The molecular weight excluding hydrogens is 420 g/mol. The molecule has 1 fully saturated rings. The van der Waals surface area contributed by atoms with E-state index in [9.17, 15) is 9.59 Å². The van der Waals surface area contributed by atoms with Crippen molar-refractivity contribution in [1.82, 2.24) is 19.2 Å². The number of aryl methyl sites for hydroxylation is 1. The number of carbonyl (C=O) groups excluding carboxylic acids is 1. The van der Waals surface area contributed by atoms with Crippen molar-refractivity contribution in [1.29, 1.82) is 0 Å². The van der Waals surface area contributed by atoms with Crippen LogP contribution in [-0.2, 0) is 29.2 Å². The van der Waals surface area contributed by atoms with Crippen molar-refractivity contribution in [3.8, 4) is 0 Å². The maximum absolute atomic E-state index is 13.5. The molecule has 0 saturated carbocycles. The number of carbonyl (C=O) groups is 1. The molecule has 1 atom stereocenters. The van der Waals surface area contributed by atoms with E-state index < -0.39 is 0 Å². The van der Waals surface area contributed by atoms with Crippen molar-refractivity contribution < 1.29 is 13.9 Å². The fourth-order valence-corrected chi connectivity index (χ4v) is 4.67. The first-order chi connectivity index (χ1) is 16.2. The molecule has 8 nitrogen and oxygen atoms in total. The Kier molecular flexibility index (Phi) is 6.00. The van der Waals surface area contributed by atoms with Crippen LogP contribution >= 0.6 is 0 Å². The average Bonchev–Trinajstić information content (AvgIpc) is 3.58. The second-order valence-electron chi connectivity index (χ2n) is 8.53. The molecule has 0 aliphatic carbocycles. The summed E-state index contributed by atoms with van der Waals surface area (Å²) in [7, 11) is 0. The molecule has 33 heavy (non-hydrogen) atoms. The maximum atomic E-state index is 13.5. The van der Waals surface area contributed by atoms with Crippen molar-refractivity contribution in [3.63, 3.8) is 0 Å². The van der Waals surface area contributed by atoms with Crippen LogP contribution in [0.2, 0.25) is 0 Å². The van der Waals surface area contributed by atoms with Crippen LogP contribution in [0.25, 0.3) is 21.8 Å². The SMILES string of the molecule is CCCn1c2ccccc2c2cnn(CC(=O)N(Cc3ccco3)CC3CCCO3)c(=O)c21. The monoisotopic (exact) mass is 448 g/mol. The summed E-state index contributed by atoms with van der Waals surface area (Å²) in [6, 6.07) is 11.6. The third-order valence-electron chi connectivity index (χ3n) is 6.23. The molecule has 1 aliphatic heterocycles. The Balaban J connectivity index is 1.48. The van der Waals surface area contributed by atoms with Crippen LogP contribution in [0.3, 0.4) is 0 Å². The van der Waals surface area contributed by atoms with Crippen molar-refractivity contribution >= 4 is 27.7 Å². The first-order valence-corrected chi connectivity index (χ1v) is 11.5. The number of rotatable bonds is 8. The Morgan fingerprint density at radius 3 is 2.85 bits per heavy atom. The number of fused-ring (bicyclic) bond motifs is 3. The first kappa shape index (κ1) is 21.5. The summed E-state index contributed by atoms with van der Waals surface area (Å²) in [6.07, 6.45) is 6.11. The minimum absolute atomic E-state index is 0.00292. The molecule has 0 bridgehead atoms. The standard InChI is InChI=1S/C25H28N4O4/c1-2-11-28-22-10-4-3-9-20(22)21-14-26-29(25(31)24(21)28)17-23(30)27(15-18-7-5-12-32-18)16-19-8-6-13-33-19/h3-5,7,9-10,12,14,19H,2,6,8,11,13,15-17H2,1H3. The first-order valence-electron chi connectivity index (χ1n) is 11.5. The Hall–Kier alpha value is -3.39. The molecule has 1 aliphatic rings. The van der Waals surface area contributed by atoms with Gasteiger partial charge in [0.1, 0.15) is 17.8 Å². The molecule has 0 radical (unpaired) electrons. The van der Waals surface area contributed by atoms with E-state index >= 15 is 0 Å². The second kappa shape index (κ2) is 9.23. The van der Waals surface area contributed by atoms with Crippen molar-refractivity contribution in [2.24, 2.45) is 0 Å². The number of furan rings is 1. The summed E-state index contributed by atoms with van der Waals surface area (Å²) < 4.78 is 14.5. The van der Waals surface area contributed by atoms with Gasteiger partial charge in [0.05, 0.1) is 25.1 Å². The number of ether oxygens (including phenoxy) is 1. The summed E-state index contributed by atoms with van der Waals surface area (Å²) in [5.74, 6) is 0.508. The van der Waals surface area contributed by atoms with Gasteiger partial charge in [-0.2, -0.15) is 5.10 Å². The zero-order chi connectivity index (χ0) is 22.8. The predicted octanol–water partition coefficient (Wildman–Crippen LogP) is 3.56. The number of hydrogen-bond donors (Lipinski definition) is 0. The molecule has 172 valence electrons. The average molecular weight is 449 g/mol. The highest BCUT2D eigenvalue weighted by Gasteiger charge is 2.25. The van der Waals surface area contributed by atoms with Gasteiger partial charge in [-0.15, -0.1) is 0 Å². The summed E-state index contributed by atoms with van der Waals surface area (Å²) >= 11 is 0. The molecular formula is C25H28N4O4. The van der Waals surface area contributed by atoms with Crippen LogP contribution in [0.5, 0.6) is 0 Å². The number of aromatic nitrogens is 3. The molecule has 0 spiro atoms. The molecule has 3 aromatic heterocycles. The second-order valence-corrected chi connectivity index (χ2v) is 8.53. The van der Waals surface area contributed by atoms with Crippen molar-refractivity contribution in [3.05, 3.63) is 65.0 Å². The van der Waals surface area contributed by atoms with Gasteiger partial charge < -0.3 is 18.6 Å². The minimum atomic E-state index is -0.249. The number of hydrogen-bond acceptors (Lipinski definition) is 5. The lowest BCUT2D eigenvalue weighted by atomic mass is 10.2. The van der Waals surface area contributed by atoms with E-state index in [1.165, 1.54) is 4.68 Å². The largest absolute Gasteiger partial charge is 0.467 e. The highest BCUT2D eigenvalue weighted by atomic mass is 16.5. The maximum Gasteiger partial charge on any atom is 0.291 e. The van der Waals surface area contributed by atoms with Crippen LogP contribution in [0.1, 0.15) is 31.9 Å². The Bertz CT molecular complexity index is 1320. The van der Waals surface area contributed by atoms with Gasteiger partial charge >= 0.3 is 0 Å². The van der Waals surface area contributed by atoms with Gasteiger partial charge in [0.25, 0.3) is 5.56 Å². The molecule has 4 heterocycles. The topological polar surface area (TPSA) is 82.5 Å². The van der Waals surface area contributed by atoms with Crippen LogP contribution in [0.15, 0.2) is 58.1 Å². The van der Waals surface area contributed by atoms with Gasteiger partial charge in [0.15, 0.2) is 0 Å². The van der Waals surface area contributed by atoms with Crippen LogP contribution in [0, 0.1) is 0 Å². The molecule has 0 N–H and O–H groups in total. The fourth-order valence-electron chi connectivity index (χ4n) is 4.67. The fraction of sp³-hybridized carbons (Fsp3) is 0.400. The van der Waals surface area contributed by atoms with E-state index in [1.54, 1.807) is 23.4 Å². The molecule has 4 aromatic rings. The smallest absolute Gasteiger partial charge is 0.291 e. The normalized spacial score (nSPS) is 16.1. The molecule has 1 aromatic carbocycles.